The number of carbonyl (C=O) groups is 1. The fourth-order valence-electron chi connectivity index (χ4n) is 2.77. The van der Waals surface area contributed by atoms with Crippen molar-refractivity contribution in [3.05, 3.63) is 87.7 Å². The molecule has 3 aromatic carbocycles. The lowest BCUT2D eigenvalue weighted by atomic mass is 10.2. The van der Waals surface area contributed by atoms with Crippen LogP contribution in [0.3, 0.4) is 0 Å². The van der Waals surface area contributed by atoms with Gasteiger partial charge < -0.3 is 14.8 Å². The topological polar surface area (TPSA) is 72.0 Å². The molecular formula is C24H22Cl2FN3O3. The van der Waals surface area contributed by atoms with Gasteiger partial charge in [-0.3, -0.25) is 4.79 Å². The molecule has 0 bridgehead atoms. The number of carbonyl (C=O) groups excluding carboxylic acids is 1. The summed E-state index contributed by atoms with van der Waals surface area (Å²) in [6, 6.07) is 16.4. The first-order valence-electron chi connectivity index (χ1n) is 10.1. The van der Waals surface area contributed by atoms with Crippen molar-refractivity contribution in [2.45, 2.75) is 13.5 Å². The molecule has 0 spiro atoms. The summed E-state index contributed by atoms with van der Waals surface area (Å²) in [6.07, 6.45) is 1.45. The zero-order valence-electron chi connectivity index (χ0n) is 17.8. The summed E-state index contributed by atoms with van der Waals surface area (Å²) in [5.74, 6) is 0.165. The van der Waals surface area contributed by atoms with Crippen LogP contribution in [0, 0.1) is 5.82 Å². The predicted octanol–water partition coefficient (Wildman–Crippen LogP) is 5.67. The highest BCUT2D eigenvalue weighted by Crippen LogP contribution is 2.37. The van der Waals surface area contributed by atoms with E-state index in [1.807, 2.05) is 19.1 Å². The number of hydrogen-bond acceptors (Lipinski definition) is 5. The Bertz CT molecular complexity index is 1110. The second-order valence-electron chi connectivity index (χ2n) is 6.83. The number of hydrazone groups is 1. The number of anilines is 1. The molecule has 0 aliphatic carbocycles. The summed E-state index contributed by atoms with van der Waals surface area (Å²) in [5.41, 5.74) is 4.59. The van der Waals surface area contributed by atoms with Crippen LogP contribution in [0.15, 0.2) is 65.8 Å². The van der Waals surface area contributed by atoms with Crippen molar-refractivity contribution in [3.63, 3.8) is 0 Å². The second-order valence-corrected chi connectivity index (χ2v) is 7.68. The van der Waals surface area contributed by atoms with Crippen LogP contribution in [0.2, 0.25) is 10.0 Å². The molecule has 0 saturated heterocycles. The molecule has 3 rings (SSSR count). The summed E-state index contributed by atoms with van der Waals surface area (Å²) >= 11 is 12.3. The largest absolute Gasteiger partial charge is 0.490 e. The van der Waals surface area contributed by atoms with Gasteiger partial charge in [0.1, 0.15) is 12.4 Å². The first-order valence-corrected chi connectivity index (χ1v) is 10.8. The van der Waals surface area contributed by atoms with Crippen LogP contribution in [0.4, 0.5) is 10.1 Å². The third-order valence-corrected chi connectivity index (χ3v) is 4.86. The zero-order chi connectivity index (χ0) is 23.6. The Morgan fingerprint density at radius 2 is 1.79 bits per heavy atom. The molecule has 0 aliphatic rings. The van der Waals surface area contributed by atoms with Gasteiger partial charge in [-0.05, 0) is 66.6 Å². The molecule has 9 heteroatoms. The average molecular weight is 490 g/mol. The minimum atomic E-state index is -0.366. The Kier molecular flexibility index (Phi) is 8.92. The molecule has 0 atom stereocenters. The van der Waals surface area contributed by atoms with E-state index in [1.54, 1.807) is 36.4 Å². The van der Waals surface area contributed by atoms with Crippen LogP contribution in [0.1, 0.15) is 18.1 Å². The highest BCUT2D eigenvalue weighted by atomic mass is 35.5. The van der Waals surface area contributed by atoms with Gasteiger partial charge in [-0.15, -0.1) is 0 Å². The summed E-state index contributed by atoms with van der Waals surface area (Å²) in [5, 5.41) is 7.82. The van der Waals surface area contributed by atoms with Crippen molar-refractivity contribution in [3.8, 4) is 11.5 Å². The molecule has 0 aromatic heterocycles. The number of amides is 1. The fourth-order valence-corrected chi connectivity index (χ4v) is 3.17. The molecule has 1 amide bonds. The normalized spacial score (nSPS) is 10.8. The third kappa shape index (κ3) is 7.66. The van der Waals surface area contributed by atoms with Gasteiger partial charge in [0.25, 0.3) is 5.91 Å². The van der Waals surface area contributed by atoms with E-state index < -0.39 is 0 Å². The van der Waals surface area contributed by atoms with Gasteiger partial charge in [0.15, 0.2) is 11.5 Å². The standard InChI is InChI=1S/C24H22Cl2FN3O3/c1-2-32-22-12-17(11-21(26)24(22)33-15-16-3-5-18(25)6-4-16)13-29-30-23(31)14-28-20-9-7-19(27)8-10-20/h3-13,28H,2,14-15H2,1H3,(H,30,31)/b29-13-. The molecule has 0 unspecified atom stereocenters. The van der Waals surface area contributed by atoms with E-state index in [0.29, 0.717) is 46.0 Å². The molecule has 0 aliphatic heterocycles. The molecule has 2 N–H and O–H groups in total. The van der Waals surface area contributed by atoms with Crippen LogP contribution < -0.4 is 20.2 Å². The first-order chi connectivity index (χ1) is 15.9. The van der Waals surface area contributed by atoms with Crippen molar-refractivity contribution < 1.29 is 18.7 Å². The lowest BCUT2D eigenvalue weighted by Gasteiger charge is -2.14. The van der Waals surface area contributed by atoms with Gasteiger partial charge in [-0.25, -0.2) is 9.82 Å². The SMILES string of the molecule is CCOc1cc(/C=N\NC(=O)CNc2ccc(F)cc2)cc(Cl)c1OCc1ccc(Cl)cc1. The Balaban J connectivity index is 1.60. The molecule has 33 heavy (non-hydrogen) atoms. The lowest BCUT2D eigenvalue weighted by Crippen LogP contribution is -2.25. The molecular weight excluding hydrogens is 468 g/mol. The molecule has 0 fully saturated rings. The van der Waals surface area contributed by atoms with E-state index in [0.717, 1.165) is 5.56 Å². The smallest absolute Gasteiger partial charge is 0.259 e. The van der Waals surface area contributed by atoms with E-state index >= 15 is 0 Å². The summed E-state index contributed by atoms with van der Waals surface area (Å²) in [4.78, 5) is 12.0. The Hall–Kier alpha value is -3.29. The minimum Gasteiger partial charge on any atom is -0.490 e. The number of nitrogens with zero attached hydrogens (tertiary/aromatic N) is 1. The minimum absolute atomic E-state index is 0.0224. The van der Waals surface area contributed by atoms with Gasteiger partial charge in [0.2, 0.25) is 0 Å². The maximum atomic E-state index is 12.9. The molecule has 3 aromatic rings. The molecule has 0 radical (unpaired) electrons. The Labute approximate surface area is 201 Å². The molecule has 0 saturated carbocycles. The first kappa shape index (κ1) is 24.4. The van der Waals surface area contributed by atoms with Crippen LogP contribution in [0.25, 0.3) is 0 Å². The molecule has 172 valence electrons. The van der Waals surface area contributed by atoms with Crippen molar-refractivity contribution in [2.75, 3.05) is 18.5 Å². The second kappa shape index (κ2) is 12.1. The zero-order valence-corrected chi connectivity index (χ0v) is 19.3. The van der Waals surface area contributed by atoms with E-state index in [2.05, 4.69) is 15.8 Å². The Morgan fingerprint density at radius 1 is 1.06 bits per heavy atom. The number of benzene rings is 3. The maximum absolute atomic E-state index is 12.9. The Morgan fingerprint density at radius 3 is 2.48 bits per heavy atom. The summed E-state index contributed by atoms with van der Waals surface area (Å²) in [6.45, 7) is 2.54. The highest BCUT2D eigenvalue weighted by Gasteiger charge is 2.13. The predicted molar refractivity (Wildman–Crippen MR) is 129 cm³/mol. The number of halogens is 3. The van der Waals surface area contributed by atoms with E-state index in [9.17, 15) is 9.18 Å². The quantitative estimate of drug-likeness (QED) is 0.284. The van der Waals surface area contributed by atoms with Gasteiger partial charge >= 0.3 is 0 Å². The van der Waals surface area contributed by atoms with Gasteiger partial charge in [-0.2, -0.15) is 5.10 Å². The summed E-state index contributed by atoms with van der Waals surface area (Å²) < 4.78 is 24.5. The van der Waals surface area contributed by atoms with Crippen molar-refractivity contribution in [1.29, 1.82) is 0 Å². The van der Waals surface area contributed by atoms with Gasteiger partial charge in [0.05, 0.1) is 24.4 Å². The van der Waals surface area contributed by atoms with Crippen molar-refractivity contribution in [1.82, 2.24) is 5.43 Å². The van der Waals surface area contributed by atoms with Crippen molar-refractivity contribution >= 4 is 41.0 Å². The average Bonchev–Trinajstić information content (AvgIpc) is 2.79. The lowest BCUT2D eigenvalue weighted by molar-refractivity contribution is -0.119. The maximum Gasteiger partial charge on any atom is 0.259 e. The highest BCUT2D eigenvalue weighted by molar-refractivity contribution is 6.32. The number of ether oxygens (including phenoxy) is 2. The van der Waals surface area contributed by atoms with Gasteiger partial charge in [0, 0.05) is 10.7 Å². The van der Waals surface area contributed by atoms with Crippen LogP contribution in [0.5, 0.6) is 11.5 Å². The number of nitrogens with one attached hydrogen (secondary N) is 2. The molecule has 0 heterocycles. The van der Waals surface area contributed by atoms with E-state index in [1.165, 1.54) is 18.3 Å². The third-order valence-electron chi connectivity index (χ3n) is 4.33. The van der Waals surface area contributed by atoms with Crippen molar-refractivity contribution in [2.24, 2.45) is 5.10 Å². The summed E-state index contributed by atoms with van der Waals surface area (Å²) in [7, 11) is 0. The number of hydrogen-bond donors (Lipinski definition) is 2. The molecule has 6 nitrogen and oxygen atoms in total. The fraction of sp³-hybridized carbons (Fsp3) is 0.167. The van der Waals surface area contributed by atoms with Crippen LogP contribution in [-0.2, 0) is 11.4 Å². The van der Waals surface area contributed by atoms with E-state index in [-0.39, 0.29) is 18.3 Å². The van der Waals surface area contributed by atoms with E-state index in [4.69, 9.17) is 32.7 Å². The number of rotatable bonds is 10. The van der Waals surface area contributed by atoms with Crippen LogP contribution in [-0.4, -0.2) is 25.3 Å². The van der Waals surface area contributed by atoms with Gasteiger partial charge in [-0.1, -0.05) is 35.3 Å². The van der Waals surface area contributed by atoms with Crippen LogP contribution >= 0.6 is 23.2 Å². The monoisotopic (exact) mass is 489 g/mol.